The second-order valence-electron chi connectivity index (χ2n) is 6.60. The van der Waals surface area contributed by atoms with Gasteiger partial charge in [-0.2, -0.15) is 4.98 Å². The predicted octanol–water partition coefficient (Wildman–Crippen LogP) is 3.47. The molecule has 2 heterocycles. The molecule has 0 radical (unpaired) electrons. The molecule has 1 aromatic heterocycles. The van der Waals surface area contributed by atoms with Crippen LogP contribution in [0, 0.1) is 0 Å². The van der Waals surface area contributed by atoms with Crippen molar-refractivity contribution in [3.63, 3.8) is 0 Å². The number of hydrogen-bond donors (Lipinski definition) is 1. The van der Waals surface area contributed by atoms with Gasteiger partial charge in [-0.3, -0.25) is 0 Å². The van der Waals surface area contributed by atoms with Crippen LogP contribution >= 0.6 is 11.3 Å². The number of morpholine rings is 1. The standard InChI is InChI=1S/C21H23N3O4S/c1-26-17-8-7-16(24-11-13-27-14-12-24)19-18(17)23-21(29-19)28-20(25)22-10-9-15-5-3-2-4-6-15/h2-8H,9-14H2,1H3,(H,22,25). The Labute approximate surface area is 173 Å². The van der Waals surface area contributed by atoms with E-state index in [-0.39, 0.29) is 0 Å². The number of nitrogens with one attached hydrogen (secondary N) is 1. The molecule has 1 aliphatic heterocycles. The summed E-state index contributed by atoms with van der Waals surface area (Å²) in [5, 5.41) is 3.08. The molecule has 0 unspecified atom stereocenters. The third-order valence-electron chi connectivity index (χ3n) is 4.74. The van der Waals surface area contributed by atoms with Gasteiger partial charge in [0.25, 0.3) is 5.19 Å². The number of aromatic nitrogens is 1. The van der Waals surface area contributed by atoms with Crippen LogP contribution in [0.4, 0.5) is 10.5 Å². The largest absolute Gasteiger partial charge is 0.494 e. The summed E-state index contributed by atoms with van der Waals surface area (Å²) in [5.41, 5.74) is 2.92. The van der Waals surface area contributed by atoms with Crippen LogP contribution in [-0.2, 0) is 11.2 Å². The van der Waals surface area contributed by atoms with Crippen LogP contribution in [0.2, 0.25) is 0 Å². The number of rotatable bonds is 6. The van der Waals surface area contributed by atoms with Gasteiger partial charge in [0.05, 0.1) is 30.7 Å². The maximum absolute atomic E-state index is 12.2. The Morgan fingerprint density at radius 3 is 2.76 bits per heavy atom. The molecule has 0 spiro atoms. The summed E-state index contributed by atoms with van der Waals surface area (Å²) < 4.78 is 17.3. The maximum Gasteiger partial charge on any atom is 0.414 e. The second kappa shape index (κ2) is 9.11. The van der Waals surface area contributed by atoms with Crippen molar-refractivity contribution in [2.45, 2.75) is 6.42 Å². The highest BCUT2D eigenvalue weighted by atomic mass is 32.1. The summed E-state index contributed by atoms with van der Waals surface area (Å²) in [5.74, 6) is 0.660. The van der Waals surface area contributed by atoms with E-state index in [9.17, 15) is 4.79 Å². The lowest BCUT2D eigenvalue weighted by molar-refractivity contribution is 0.123. The first-order chi connectivity index (χ1) is 14.2. The van der Waals surface area contributed by atoms with E-state index < -0.39 is 6.09 Å². The van der Waals surface area contributed by atoms with Crippen LogP contribution in [0.1, 0.15) is 5.56 Å². The van der Waals surface area contributed by atoms with E-state index in [0.717, 1.165) is 35.5 Å². The molecule has 1 saturated heterocycles. The molecule has 1 amide bonds. The molecular formula is C21H23N3O4S. The van der Waals surface area contributed by atoms with Crippen molar-refractivity contribution in [3.8, 4) is 10.9 Å². The molecule has 1 fully saturated rings. The zero-order valence-electron chi connectivity index (χ0n) is 16.2. The van der Waals surface area contributed by atoms with Crippen molar-refractivity contribution in [2.75, 3.05) is 44.9 Å². The Bertz CT molecular complexity index is 971. The molecule has 1 N–H and O–H groups in total. The predicted molar refractivity (Wildman–Crippen MR) is 113 cm³/mol. The van der Waals surface area contributed by atoms with Gasteiger partial charge in [0.1, 0.15) is 11.3 Å². The van der Waals surface area contributed by atoms with E-state index in [1.807, 2.05) is 42.5 Å². The molecule has 7 nitrogen and oxygen atoms in total. The normalized spacial score (nSPS) is 14.0. The van der Waals surface area contributed by atoms with E-state index in [1.165, 1.54) is 11.3 Å². The van der Waals surface area contributed by atoms with Crippen molar-refractivity contribution in [2.24, 2.45) is 0 Å². The molecule has 1 aliphatic rings. The van der Waals surface area contributed by atoms with Crippen molar-refractivity contribution in [1.29, 1.82) is 0 Å². The lowest BCUT2D eigenvalue weighted by atomic mass is 10.1. The number of anilines is 1. The fourth-order valence-corrected chi connectivity index (χ4v) is 4.25. The highest BCUT2D eigenvalue weighted by molar-refractivity contribution is 7.21. The molecule has 0 saturated carbocycles. The summed E-state index contributed by atoms with van der Waals surface area (Å²) in [4.78, 5) is 19.0. The topological polar surface area (TPSA) is 72.9 Å². The minimum absolute atomic E-state index is 0.302. The van der Waals surface area contributed by atoms with Gasteiger partial charge < -0.3 is 24.4 Å². The first kappa shape index (κ1) is 19.5. The number of benzene rings is 2. The van der Waals surface area contributed by atoms with E-state index in [0.29, 0.717) is 36.2 Å². The Balaban J connectivity index is 1.46. The van der Waals surface area contributed by atoms with Gasteiger partial charge in [0.15, 0.2) is 0 Å². The van der Waals surface area contributed by atoms with E-state index in [4.69, 9.17) is 14.2 Å². The van der Waals surface area contributed by atoms with Crippen LogP contribution in [-0.4, -0.2) is 51.0 Å². The van der Waals surface area contributed by atoms with Gasteiger partial charge in [-0.15, -0.1) is 0 Å². The van der Waals surface area contributed by atoms with Crippen LogP contribution in [0.3, 0.4) is 0 Å². The van der Waals surface area contributed by atoms with Gasteiger partial charge in [-0.05, 0) is 24.1 Å². The van der Waals surface area contributed by atoms with Gasteiger partial charge in [0.2, 0.25) is 0 Å². The lowest BCUT2D eigenvalue weighted by Crippen LogP contribution is -2.36. The number of carbonyl (C=O) groups is 1. The molecular weight excluding hydrogens is 390 g/mol. The fourth-order valence-electron chi connectivity index (χ4n) is 3.28. The number of hydrogen-bond acceptors (Lipinski definition) is 7. The number of ether oxygens (including phenoxy) is 3. The van der Waals surface area contributed by atoms with Crippen LogP contribution < -0.4 is 19.7 Å². The van der Waals surface area contributed by atoms with Crippen LogP contribution in [0.15, 0.2) is 42.5 Å². The molecule has 0 bridgehead atoms. The van der Waals surface area contributed by atoms with Crippen molar-refractivity contribution in [1.82, 2.24) is 10.3 Å². The molecule has 4 rings (SSSR count). The van der Waals surface area contributed by atoms with Gasteiger partial charge in [-0.25, -0.2) is 4.79 Å². The molecule has 29 heavy (non-hydrogen) atoms. The molecule has 0 atom stereocenters. The zero-order valence-corrected chi connectivity index (χ0v) is 17.0. The van der Waals surface area contributed by atoms with E-state index in [2.05, 4.69) is 15.2 Å². The summed E-state index contributed by atoms with van der Waals surface area (Å²) in [6, 6.07) is 13.9. The quantitative estimate of drug-likeness (QED) is 0.667. The summed E-state index contributed by atoms with van der Waals surface area (Å²) in [7, 11) is 1.61. The Hall–Kier alpha value is -2.84. The third kappa shape index (κ3) is 4.60. The monoisotopic (exact) mass is 413 g/mol. The molecule has 0 aliphatic carbocycles. The van der Waals surface area contributed by atoms with Crippen molar-refractivity contribution < 1.29 is 19.0 Å². The molecule has 2 aromatic carbocycles. The number of amides is 1. The van der Waals surface area contributed by atoms with Gasteiger partial charge in [-0.1, -0.05) is 41.7 Å². The van der Waals surface area contributed by atoms with Crippen molar-refractivity contribution >= 4 is 33.3 Å². The minimum Gasteiger partial charge on any atom is -0.494 e. The highest BCUT2D eigenvalue weighted by Crippen LogP contribution is 2.40. The second-order valence-corrected chi connectivity index (χ2v) is 7.56. The SMILES string of the molecule is COc1ccc(N2CCOCC2)c2sc(OC(=O)NCCc3ccccc3)nc12. The van der Waals surface area contributed by atoms with Gasteiger partial charge in [0, 0.05) is 19.6 Å². The van der Waals surface area contributed by atoms with Crippen molar-refractivity contribution in [3.05, 3.63) is 48.0 Å². The average molecular weight is 413 g/mol. The summed E-state index contributed by atoms with van der Waals surface area (Å²) in [6.45, 7) is 3.51. The maximum atomic E-state index is 12.2. The summed E-state index contributed by atoms with van der Waals surface area (Å²) in [6.07, 6.45) is 0.233. The molecule has 8 heteroatoms. The van der Waals surface area contributed by atoms with E-state index in [1.54, 1.807) is 7.11 Å². The lowest BCUT2D eigenvalue weighted by Gasteiger charge is -2.29. The minimum atomic E-state index is -0.508. The van der Waals surface area contributed by atoms with E-state index >= 15 is 0 Å². The first-order valence-corrected chi connectivity index (χ1v) is 10.4. The fraction of sp³-hybridized carbons (Fsp3) is 0.333. The smallest absolute Gasteiger partial charge is 0.414 e. The number of carbonyl (C=O) groups excluding carboxylic acids is 1. The Morgan fingerprint density at radius 2 is 2.00 bits per heavy atom. The number of thiazole rings is 1. The number of methoxy groups -OCH3 is 1. The summed E-state index contributed by atoms with van der Waals surface area (Å²) >= 11 is 1.35. The van der Waals surface area contributed by atoms with Gasteiger partial charge >= 0.3 is 6.09 Å². The first-order valence-electron chi connectivity index (χ1n) is 9.54. The van der Waals surface area contributed by atoms with Crippen LogP contribution in [0.25, 0.3) is 10.2 Å². The average Bonchev–Trinajstić information content (AvgIpc) is 3.18. The Kier molecular flexibility index (Phi) is 6.12. The number of nitrogens with zero attached hydrogens (tertiary/aromatic N) is 2. The third-order valence-corrected chi connectivity index (χ3v) is 5.70. The highest BCUT2D eigenvalue weighted by Gasteiger charge is 2.20. The molecule has 3 aromatic rings. The Morgan fingerprint density at radius 1 is 1.21 bits per heavy atom. The van der Waals surface area contributed by atoms with Crippen LogP contribution in [0.5, 0.6) is 10.9 Å². The number of fused-ring (bicyclic) bond motifs is 1. The molecule has 152 valence electrons. The zero-order chi connectivity index (χ0) is 20.1.